The minimum atomic E-state index is -0.0197. The standard InChI is InChI=1S/C15H22N2O3.ClH/c1-19-13-5-2-12(3-6-13)4-7-15(18)17-8-9-20-14(10-16)11-17;/h2-3,5-6,14H,4,7-11,16H2,1H3;1H. The first kappa shape index (κ1) is 17.8. The van der Waals surface area contributed by atoms with Crippen LogP contribution in [0.5, 0.6) is 5.75 Å². The number of carbonyl (C=O) groups excluding carboxylic acids is 1. The Balaban J connectivity index is 0.00000220. The molecule has 1 amide bonds. The number of hydrogen-bond acceptors (Lipinski definition) is 4. The molecule has 0 bridgehead atoms. The van der Waals surface area contributed by atoms with Crippen LogP contribution in [-0.2, 0) is 16.0 Å². The average molecular weight is 315 g/mol. The van der Waals surface area contributed by atoms with Crippen molar-refractivity contribution in [1.82, 2.24) is 4.90 Å². The molecule has 1 aromatic rings. The van der Waals surface area contributed by atoms with Crippen LogP contribution in [-0.4, -0.2) is 50.3 Å². The summed E-state index contributed by atoms with van der Waals surface area (Å²) in [5.74, 6) is 1.00. The van der Waals surface area contributed by atoms with Gasteiger partial charge in [0.1, 0.15) is 5.75 Å². The lowest BCUT2D eigenvalue weighted by molar-refractivity contribution is -0.138. The summed E-state index contributed by atoms with van der Waals surface area (Å²) in [6.45, 7) is 2.31. The lowest BCUT2D eigenvalue weighted by Gasteiger charge is -2.32. The van der Waals surface area contributed by atoms with Gasteiger partial charge in [0.05, 0.1) is 19.8 Å². The van der Waals surface area contributed by atoms with Crippen LogP contribution in [0.15, 0.2) is 24.3 Å². The van der Waals surface area contributed by atoms with Gasteiger partial charge in [-0.05, 0) is 24.1 Å². The number of ether oxygens (including phenoxy) is 2. The van der Waals surface area contributed by atoms with Crippen molar-refractivity contribution in [2.75, 3.05) is 33.4 Å². The van der Waals surface area contributed by atoms with Crippen LogP contribution >= 0.6 is 12.4 Å². The van der Waals surface area contributed by atoms with Crippen LogP contribution in [0.4, 0.5) is 0 Å². The molecule has 118 valence electrons. The third-order valence-electron chi connectivity index (χ3n) is 3.54. The summed E-state index contributed by atoms with van der Waals surface area (Å²) >= 11 is 0. The maximum atomic E-state index is 12.2. The van der Waals surface area contributed by atoms with Crippen molar-refractivity contribution < 1.29 is 14.3 Å². The molecular weight excluding hydrogens is 292 g/mol. The Hall–Kier alpha value is -1.30. The van der Waals surface area contributed by atoms with Crippen molar-refractivity contribution in [3.63, 3.8) is 0 Å². The maximum absolute atomic E-state index is 12.2. The van der Waals surface area contributed by atoms with Gasteiger partial charge in [-0.25, -0.2) is 0 Å². The lowest BCUT2D eigenvalue weighted by Crippen LogP contribution is -2.48. The van der Waals surface area contributed by atoms with Crippen LogP contribution in [0.25, 0.3) is 0 Å². The van der Waals surface area contributed by atoms with E-state index in [1.165, 1.54) is 0 Å². The Morgan fingerprint density at radius 1 is 1.43 bits per heavy atom. The molecule has 1 aromatic carbocycles. The van der Waals surface area contributed by atoms with E-state index in [4.69, 9.17) is 15.2 Å². The Kier molecular flexibility index (Phi) is 7.50. The molecule has 0 saturated carbocycles. The number of methoxy groups -OCH3 is 1. The van der Waals surface area contributed by atoms with E-state index in [1.54, 1.807) is 7.11 Å². The number of nitrogens with zero attached hydrogens (tertiary/aromatic N) is 1. The second-order valence-corrected chi connectivity index (χ2v) is 4.92. The molecule has 6 heteroatoms. The molecule has 0 radical (unpaired) electrons. The fraction of sp³-hybridized carbons (Fsp3) is 0.533. The van der Waals surface area contributed by atoms with Gasteiger partial charge in [-0.15, -0.1) is 12.4 Å². The van der Waals surface area contributed by atoms with Crippen molar-refractivity contribution in [1.29, 1.82) is 0 Å². The molecule has 21 heavy (non-hydrogen) atoms. The summed E-state index contributed by atoms with van der Waals surface area (Å²) in [4.78, 5) is 14.0. The predicted molar refractivity (Wildman–Crippen MR) is 83.9 cm³/mol. The van der Waals surface area contributed by atoms with E-state index in [0.29, 0.717) is 32.7 Å². The zero-order valence-corrected chi connectivity index (χ0v) is 13.1. The van der Waals surface area contributed by atoms with Crippen LogP contribution in [0, 0.1) is 0 Å². The number of morpholine rings is 1. The monoisotopic (exact) mass is 314 g/mol. The fourth-order valence-electron chi connectivity index (χ4n) is 2.29. The minimum Gasteiger partial charge on any atom is -0.497 e. The summed E-state index contributed by atoms with van der Waals surface area (Å²) in [5.41, 5.74) is 6.72. The first-order valence-corrected chi connectivity index (χ1v) is 6.95. The molecule has 5 nitrogen and oxygen atoms in total. The van der Waals surface area contributed by atoms with Gasteiger partial charge in [-0.3, -0.25) is 4.79 Å². The molecule has 1 atom stereocenters. The molecule has 1 heterocycles. The van der Waals surface area contributed by atoms with Crippen molar-refractivity contribution in [2.45, 2.75) is 18.9 Å². The van der Waals surface area contributed by atoms with E-state index in [9.17, 15) is 4.79 Å². The Morgan fingerprint density at radius 3 is 2.76 bits per heavy atom. The van der Waals surface area contributed by atoms with Gasteiger partial charge < -0.3 is 20.1 Å². The highest BCUT2D eigenvalue weighted by molar-refractivity contribution is 5.85. The normalized spacial score (nSPS) is 18.0. The molecule has 1 aliphatic heterocycles. The van der Waals surface area contributed by atoms with Crippen LogP contribution in [0.1, 0.15) is 12.0 Å². The first-order chi connectivity index (χ1) is 9.72. The van der Waals surface area contributed by atoms with Gasteiger partial charge in [0.2, 0.25) is 5.91 Å². The van der Waals surface area contributed by atoms with Crippen molar-refractivity contribution in [2.24, 2.45) is 5.73 Å². The molecule has 1 fully saturated rings. The molecule has 2 rings (SSSR count). The third-order valence-corrected chi connectivity index (χ3v) is 3.54. The lowest BCUT2D eigenvalue weighted by atomic mass is 10.1. The topological polar surface area (TPSA) is 64.8 Å². The summed E-state index contributed by atoms with van der Waals surface area (Å²) in [6.07, 6.45) is 1.24. The highest BCUT2D eigenvalue weighted by Crippen LogP contribution is 2.14. The smallest absolute Gasteiger partial charge is 0.223 e. The molecule has 0 aliphatic carbocycles. The number of benzene rings is 1. The largest absolute Gasteiger partial charge is 0.497 e. The first-order valence-electron chi connectivity index (χ1n) is 6.95. The number of hydrogen-bond donors (Lipinski definition) is 1. The number of halogens is 1. The van der Waals surface area contributed by atoms with Gasteiger partial charge in [-0.1, -0.05) is 12.1 Å². The van der Waals surface area contributed by atoms with Crippen molar-refractivity contribution in [3.05, 3.63) is 29.8 Å². The number of nitrogens with two attached hydrogens (primary N) is 1. The SMILES string of the molecule is COc1ccc(CCC(=O)N2CCOC(CN)C2)cc1.Cl. The van der Waals surface area contributed by atoms with E-state index < -0.39 is 0 Å². The molecule has 0 spiro atoms. The summed E-state index contributed by atoms with van der Waals surface area (Å²) < 4.78 is 10.6. The van der Waals surface area contributed by atoms with Gasteiger partial charge in [-0.2, -0.15) is 0 Å². The van der Waals surface area contributed by atoms with Gasteiger partial charge in [0.25, 0.3) is 0 Å². The Labute approximate surface area is 131 Å². The zero-order valence-electron chi connectivity index (χ0n) is 12.3. The predicted octanol–water partition coefficient (Wildman–Crippen LogP) is 1.24. The van der Waals surface area contributed by atoms with E-state index in [2.05, 4.69) is 0 Å². The summed E-state index contributed by atoms with van der Waals surface area (Å²) in [6, 6.07) is 7.82. The molecule has 1 aliphatic rings. The zero-order chi connectivity index (χ0) is 14.4. The molecule has 1 saturated heterocycles. The highest BCUT2D eigenvalue weighted by atomic mass is 35.5. The molecule has 2 N–H and O–H groups in total. The quantitative estimate of drug-likeness (QED) is 0.888. The highest BCUT2D eigenvalue weighted by Gasteiger charge is 2.22. The summed E-state index contributed by atoms with van der Waals surface area (Å²) in [5, 5.41) is 0. The van der Waals surface area contributed by atoms with E-state index in [0.717, 1.165) is 17.7 Å². The van der Waals surface area contributed by atoms with Gasteiger partial charge >= 0.3 is 0 Å². The average Bonchev–Trinajstić information content (AvgIpc) is 2.53. The van der Waals surface area contributed by atoms with Crippen molar-refractivity contribution >= 4 is 18.3 Å². The molecule has 0 aromatic heterocycles. The minimum absolute atomic E-state index is 0. The van der Waals surface area contributed by atoms with E-state index in [1.807, 2.05) is 29.2 Å². The number of carbonyl (C=O) groups is 1. The second-order valence-electron chi connectivity index (χ2n) is 4.92. The number of rotatable bonds is 5. The van der Waals surface area contributed by atoms with E-state index in [-0.39, 0.29) is 24.4 Å². The second kappa shape index (κ2) is 8.87. The van der Waals surface area contributed by atoms with Gasteiger partial charge in [0, 0.05) is 26.1 Å². The maximum Gasteiger partial charge on any atom is 0.223 e. The molecular formula is C15H23ClN2O3. The Bertz CT molecular complexity index is 439. The number of amides is 1. The number of aryl methyl sites for hydroxylation is 1. The van der Waals surface area contributed by atoms with Crippen LogP contribution in [0.3, 0.4) is 0 Å². The Morgan fingerprint density at radius 2 is 2.14 bits per heavy atom. The fourth-order valence-corrected chi connectivity index (χ4v) is 2.29. The molecule has 1 unspecified atom stereocenters. The van der Waals surface area contributed by atoms with Crippen LogP contribution < -0.4 is 10.5 Å². The van der Waals surface area contributed by atoms with E-state index >= 15 is 0 Å². The van der Waals surface area contributed by atoms with Crippen molar-refractivity contribution in [3.8, 4) is 5.75 Å². The van der Waals surface area contributed by atoms with Crippen LogP contribution in [0.2, 0.25) is 0 Å². The van der Waals surface area contributed by atoms with Gasteiger partial charge in [0.15, 0.2) is 0 Å². The summed E-state index contributed by atoms with van der Waals surface area (Å²) in [7, 11) is 1.64. The third kappa shape index (κ3) is 5.19.